The van der Waals surface area contributed by atoms with Gasteiger partial charge in [0.05, 0.1) is 24.5 Å². The number of thiophene rings is 1. The van der Waals surface area contributed by atoms with Crippen LogP contribution in [0.25, 0.3) is 0 Å². The lowest BCUT2D eigenvalue weighted by molar-refractivity contribution is -0.142. The monoisotopic (exact) mass is 309 g/mol. The molecule has 1 aromatic rings. The topological polar surface area (TPSA) is 66.8 Å². The molecule has 0 bridgehead atoms. The molecule has 6 heteroatoms. The van der Waals surface area contributed by atoms with Gasteiger partial charge in [0, 0.05) is 18.0 Å². The largest absolute Gasteiger partial charge is 0.481 e. The molecular weight excluding hydrogens is 290 g/mol. The number of amides is 1. The number of carboxylic acid groups (broad SMARTS) is 1. The Bertz CT molecular complexity index is 510. The average molecular weight is 309 g/mol. The maximum absolute atomic E-state index is 12.5. The second-order valence-electron chi connectivity index (χ2n) is 5.72. The van der Waals surface area contributed by atoms with Crippen LogP contribution in [-0.2, 0) is 20.9 Å². The van der Waals surface area contributed by atoms with Gasteiger partial charge in [-0.15, -0.1) is 11.3 Å². The molecule has 5 nitrogen and oxygen atoms in total. The molecule has 1 N–H and O–H groups in total. The molecule has 1 saturated carbocycles. The molecule has 0 aromatic carbocycles. The second kappa shape index (κ2) is 6.15. The van der Waals surface area contributed by atoms with Crippen LogP contribution in [0.1, 0.15) is 24.1 Å². The van der Waals surface area contributed by atoms with Crippen molar-refractivity contribution in [2.24, 2.45) is 11.8 Å². The van der Waals surface area contributed by atoms with Gasteiger partial charge in [-0.2, -0.15) is 0 Å². The number of carboxylic acids is 1. The maximum Gasteiger partial charge on any atom is 0.307 e. The Balaban J connectivity index is 1.65. The number of carbonyl (C=O) groups is 2. The van der Waals surface area contributed by atoms with E-state index in [9.17, 15) is 9.59 Å². The van der Waals surface area contributed by atoms with Gasteiger partial charge in [-0.25, -0.2) is 0 Å². The SMILES string of the molecule is O=C(O)C1CC1C(=O)N(Cc1cccs1)CC1CCCO1. The highest BCUT2D eigenvalue weighted by Crippen LogP contribution is 2.40. The molecule has 1 aliphatic heterocycles. The zero-order chi connectivity index (χ0) is 14.8. The Hall–Kier alpha value is -1.40. The smallest absolute Gasteiger partial charge is 0.307 e. The van der Waals surface area contributed by atoms with Gasteiger partial charge in [-0.3, -0.25) is 9.59 Å². The first kappa shape index (κ1) is 14.5. The standard InChI is InChI=1S/C15H19NO4S/c17-14(12-7-13(12)15(18)19)16(8-10-3-1-5-20-10)9-11-4-2-6-21-11/h2,4,6,10,12-13H,1,3,5,7-9H2,(H,18,19). The predicted molar refractivity (Wildman–Crippen MR) is 77.9 cm³/mol. The summed E-state index contributed by atoms with van der Waals surface area (Å²) in [5.41, 5.74) is 0. The third kappa shape index (κ3) is 3.44. The Morgan fingerprint density at radius 2 is 2.29 bits per heavy atom. The molecule has 2 aliphatic rings. The van der Waals surface area contributed by atoms with Crippen molar-refractivity contribution in [3.05, 3.63) is 22.4 Å². The molecule has 3 atom stereocenters. The lowest BCUT2D eigenvalue weighted by Gasteiger charge is -2.25. The van der Waals surface area contributed by atoms with E-state index in [4.69, 9.17) is 9.84 Å². The highest BCUT2D eigenvalue weighted by atomic mass is 32.1. The van der Waals surface area contributed by atoms with Gasteiger partial charge in [0.1, 0.15) is 0 Å². The van der Waals surface area contributed by atoms with Crippen LogP contribution in [0.2, 0.25) is 0 Å². The molecule has 1 aromatic heterocycles. The summed E-state index contributed by atoms with van der Waals surface area (Å²) < 4.78 is 5.62. The summed E-state index contributed by atoms with van der Waals surface area (Å²) >= 11 is 1.61. The van der Waals surface area contributed by atoms with Crippen molar-refractivity contribution in [2.75, 3.05) is 13.2 Å². The molecule has 2 heterocycles. The fraction of sp³-hybridized carbons (Fsp3) is 0.600. The predicted octanol–water partition coefficient (Wildman–Crippen LogP) is 1.98. The quantitative estimate of drug-likeness (QED) is 0.872. The number of rotatable bonds is 6. The lowest BCUT2D eigenvalue weighted by Crippen LogP contribution is -2.38. The van der Waals surface area contributed by atoms with Crippen molar-refractivity contribution in [3.8, 4) is 0 Å². The van der Waals surface area contributed by atoms with Crippen molar-refractivity contribution in [2.45, 2.75) is 31.9 Å². The summed E-state index contributed by atoms with van der Waals surface area (Å²) in [6.45, 7) is 1.88. The zero-order valence-electron chi connectivity index (χ0n) is 11.7. The first-order chi connectivity index (χ1) is 10.1. The molecule has 2 fully saturated rings. The highest BCUT2D eigenvalue weighted by Gasteiger charge is 2.50. The normalized spacial score (nSPS) is 27.5. The highest BCUT2D eigenvalue weighted by molar-refractivity contribution is 7.09. The van der Waals surface area contributed by atoms with Crippen molar-refractivity contribution in [1.29, 1.82) is 0 Å². The van der Waals surface area contributed by atoms with E-state index in [1.165, 1.54) is 0 Å². The van der Waals surface area contributed by atoms with Gasteiger partial charge >= 0.3 is 5.97 Å². The first-order valence-electron chi connectivity index (χ1n) is 7.30. The summed E-state index contributed by atoms with van der Waals surface area (Å²) in [5.74, 6) is -1.73. The van der Waals surface area contributed by atoms with Crippen molar-refractivity contribution in [3.63, 3.8) is 0 Å². The molecule has 1 amide bonds. The molecule has 1 aliphatic carbocycles. The summed E-state index contributed by atoms with van der Waals surface area (Å²) in [7, 11) is 0. The van der Waals surface area contributed by atoms with Crippen molar-refractivity contribution < 1.29 is 19.4 Å². The van der Waals surface area contributed by atoms with E-state index < -0.39 is 11.9 Å². The molecule has 114 valence electrons. The van der Waals surface area contributed by atoms with Crippen LogP contribution in [0.4, 0.5) is 0 Å². The summed E-state index contributed by atoms with van der Waals surface area (Å²) in [5, 5.41) is 11.0. The van der Waals surface area contributed by atoms with E-state index in [0.29, 0.717) is 19.5 Å². The lowest BCUT2D eigenvalue weighted by atomic mass is 10.2. The van der Waals surface area contributed by atoms with Crippen LogP contribution < -0.4 is 0 Å². The second-order valence-corrected chi connectivity index (χ2v) is 6.75. The van der Waals surface area contributed by atoms with E-state index in [-0.39, 0.29) is 17.9 Å². The molecule has 3 unspecified atom stereocenters. The third-order valence-electron chi connectivity index (χ3n) is 4.11. The van der Waals surface area contributed by atoms with E-state index in [0.717, 1.165) is 24.3 Å². The molecule has 21 heavy (non-hydrogen) atoms. The fourth-order valence-electron chi connectivity index (χ4n) is 2.83. The minimum Gasteiger partial charge on any atom is -0.481 e. The summed E-state index contributed by atoms with van der Waals surface area (Å²) in [4.78, 5) is 26.4. The summed E-state index contributed by atoms with van der Waals surface area (Å²) in [6, 6.07) is 3.97. The number of hydrogen-bond donors (Lipinski definition) is 1. The van der Waals surface area contributed by atoms with Crippen molar-refractivity contribution in [1.82, 2.24) is 4.90 Å². The van der Waals surface area contributed by atoms with Crippen LogP contribution in [0.3, 0.4) is 0 Å². The van der Waals surface area contributed by atoms with Gasteiger partial charge in [-0.1, -0.05) is 6.07 Å². The average Bonchev–Trinajstić information content (AvgIpc) is 2.85. The minimum absolute atomic E-state index is 0.0358. The Morgan fingerprint density at radius 1 is 1.43 bits per heavy atom. The third-order valence-corrected chi connectivity index (χ3v) is 4.97. The van der Waals surface area contributed by atoms with Crippen LogP contribution in [0.5, 0.6) is 0 Å². The van der Waals surface area contributed by atoms with Crippen molar-refractivity contribution >= 4 is 23.2 Å². The van der Waals surface area contributed by atoms with Gasteiger partial charge in [0.25, 0.3) is 0 Å². The van der Waals surface area contributed by atoms with Gasteiger partial charge in [0.15, 0.2) is 0 Å². The van der Waals surface area contributed by atoms with Gasteiger partial charge in [0.2, 0.25) is 5.91 Å². The van der Waals surface area contributed by atoms with E-state index >= 15 is 0 Å². The van der Waals surface area contributed by atoms with Crippen LogP contribution in [-0.4, -0.2) is 41.1 Å². The Kier molecular flexibility index (Phi) is 4.26. The van der Waals surface area contributed by atoms with Crippen LogP contribution in [0, 0.1) is 11.8 Å². The van der Waals surface area contributed by atoms with E-state index in [2.05, 4.69) is 0 Å². The number of hydrogen-bond acceptors (Lipinski definition) is 4. The van der Waals surface area contributed by atoms with Crippen LogP contribution in [0.15, 0.2) is 17.5 Å². The van der Waals surface area contributed by atoms with Gasteiger partial charge in [-0.05, 0) is 30.7 Å². The molecule has 0 spiro atoms. The Morgan fingerprint density at radius 3 is 2.86 bits per heavy atom. The van der Waals surface area contributed by atoms with E-state index in [1.807, 2.05) is 17.5 Å². The summed E-state index contributed by atoms with van der Waals surface area (Å²) in [6.07, 6.45) is 2.57. The molecule has 1 saturated heterocycles. The number of ether oxygens (including phenoxy) is 1. The van der Waals surface area contributed by atoms with Crippen LogP contribution >= 0.6 is 11.3 Å². The number of aliphatic carboxylic acids is 1. The van der Waals surface area contributed by atoms with E-state index in [1.54, 1.807) is 16.2 Å². The molecule has 3 rings (SSSR count). The zero-order valence-corrected chi connectivity index (χ0v) is 12.6. The van der Waals surface area contributed by atoms with Gasteiger partial charge < -0.3 is 14.7 Å². The maximum atomic E-state index is 12.5. The first-order valence-corrected chi connectivity index (χ1v) is 8.18. The minimum atomic E-state index is -0.860. The number of nitrogens with zero attached hydrogens (tertiary/aromatic N) is 1. The Labute approximate surface area is 127 Å². The molecular formula is C15H19NO4S. The fourth-order valence-corrected chi connectivity index (χ4v) is 3.55. The number of carbonyl (C=O) groups excluding carboxylic acids is 1. The molecule has 0 radical (unpaired) electrons.